The van der Waals surface area contributed by atoms with Gasteiger partial charge >= 0.3 is 0 Å². The maximum absolute atomic E-state index is 10.9. The van der Waals surface area contributed by atoms with Crippen LogP contribution in [-0.2, 0) is 0 Å². The van der Waals surface area contributed by atoms with E-state index in [9.17, 15) is 9.90 Å². The van der Waals surface area contributed by atoms with Gasteiger partial charge in [0, 0.05) is 20.6 Å². The Morgan fingerprint density at radius 1 is 0.944 bits per heavy atom. The lowest BCUT2D eigenvalue weighted by molar-refractivity contribution is -0.255. The van der Waals surface area contributed by atoms with Crippen molar-refractivity contribution in [3.63, 3.8) is 0 Å². The van der Waals surface area contributed by atoms with Gasteiger partial charge in [-0.2, -0.15) is 0 Å². The number of halogens is 3. The van der Waals surface area contributed by atoms with E-state index in [1.165, 1.54) is 12.1 Å². The monoisotopic (exact) mass is 299 g/mol. The molecule has 0 unspecified atom stereocenters. The second-order valence-corrected chi connectivity index (χ2v) is 4.92. The molecule has 0 bridgehead atoms. The lowest BCUT2D eigenvalue weighted by atomic mass is 10.0. The molecule has 0 saturated carbocycles. The summed E-state index contributed by atoms with van der Waals surface area (Å²) in [5.74, 6) is -1.29. The molecule has 0 spiro atoms. The van der Waals surface area contributed by atoms with Gasteiger partial charge in [0.05, 0.1) is 5.97 Å². The van der Waals surface area contributed by atoms with Crippen molar-refractivity contribution < 1.29 is 9.90 Å². The first kappa shape index (κ1) is 13.2. The highest BCUT2D eigenvalue weighted by Gasteiger charge is 2.07. The van der Waals surface area contributed by atoms with Crippen molar-refractivity contribution in [2.24, 2.45) is 0 Å². The highest BCUT2D eigenvalue weighted by molar-refractivity contribution is 6.35. The van der Waals surface area contributed by atoms with E-state index >= 15 is 0 Å². The number of carbonyl (C=O) groups is 1. The molecule has 0 aromatic heterocycles. The van der Waals surface area contributed by atoms with Crippen LogP contribution in [0.1, 0.15) is 10.4 Å². The molecule has 2 aromatic carbocycles. The Bertz CT molecular complexity index is 624. The number of carbonyl (C=O) groups excluding carboxylic acids is 1. The van der Waals surface area contributed by atoms with Gasteiger partial charge in [-0.1, -0.05) is 34.8 Å². The van der Waals surface area contributed by atoms with Gasteiger partial charge in [0.1, 0.15) is 0 Å². The summed E-state index contributed by atoms with van der Waals surface area (Å²) in [6.07, 6.45) is 0. The largest absolute Gasteiger partial charge is 0.545 e. The quantitative estimate of drug-likeness (QED) is 0.849. The Morgan fingerprint density at radius 3 is 2.33 bits per heavy atom. The van der Waals surface area contributed by atoms with E-state index < -0.39 is 5.97 Å². The molecule has 2 nitrogen and oxygen atoms in total. The summed E-state index contributed by atoms with van der Waals surface area (Å²) in [7, 11) is 0. The number of carboxylic acid groups (broad SMARTS) is 1. The van der Waals surface area contributed by atoms with E-state index in [-0.39, 0.29) is 5.56 Å². The first-order valence-electron chi connectivity index (χ1n) is 4.95. The Morgan fingerprint density at radius 2 is 1.67 bits per heavy atom. The molecule has 0 saturated heterocycles. The summed E-state index contributed by atoms with van der Waals surface area (Å²) >= 11 is 17.8. The minimum absolute atomic E-state index is 0.00598. The van der Waals surface area contributed by atoms with E-state index in [1.807, 2.05) is 0 Å². The lowest BCUT2D eigenvalue weighted by Crippen LogP contribution is -2.22. The van der Waals surface area contributed by atoms with Crippen LogP contribution < -0.4 is 5.11 Å². The van der Waals surface area contributed by atoms with Crippen LogP contribution in [-0.4, -0.2) is 5.97 Å². The van der Waals surface area contributed by atoms with Crippen LogP contribution in [0.3, 0.4) is 0 Å². The average molecular weight is 301 g/mol. The number of rotatable bonds is 2. The third-order valence-electron chi connectivity index (χ3n) is 2.37. The predicted octanol–water partition coefficient (Wildman–Crippen LogP) is 3.68. The maximum Gasteiger partial charge on any atom is 0.0716 e. The fraction of sp³-hybridized carbons (Fsp3) is 0. The number of aromatic carboxylic acids is 1. The Labute approximate surface area is 119 Å². The topological polar surface area (TPSA) is 40.1 Å². The Balaban J connectivity index is 2.63. The first-order valence-corrected chi connectivity index (χ1v) is 6.08. The number of hydrogen-bond donors (Lipinski definition) is 0. The van der Waals surface area contributed by atoms with Gasteiger partial charge in [0.25, 0.3) is 0 Å². The van der Waals surface area contributed by atoms with E-state index in [0.29, 0.717) is 26.2 Å². The van der Waals surface area contributed by atoms with E-state index in [1.54, 1.807) is 24.3 Å². The highest BCUT2D eigenvalue weighted by Crippen LogP contribution is 2.32. The highest BCUT2D eigenvalue weighted by atomic mass is 35.5. The van der Waals surface area contributed by atoms with Gasteiger partial charge in [-0.3, -0.25) is 0 Å². The molecule has 92 valence electrons. The molecule has 0 aliphatic heterocycles. The van der Waals surface area contributed by atoms with E-state index in [2.05, 4.69) is 0 Å². The van der Waals surface area contributed by atoms with Gasteiger partial charge in [-0.15, -0.1) is 0 Å². The molecule has 0 heterocycles. The molecule has 0 atom stereocenters. The molecule has 0 aliphatic carbocycles. The summed E-state index contributed by atoms with van der Waals surface area (Å²) in [4.78, 5) is 10.9. The smallest absolute Gasteiger partial charge is 0.0716 e. The van der Waals surface area contributed by atoms with Crippen molar-refractivity contribution in [3.8, 4) is 11.1 Å². The zero-order chi connectivity index (χ0) is 13.3. The summed E-state index contributed by atoms with van der Waals surface area (Å²) < 4.78 is 0. The third-order valence-corrected chi connectivity index (χ3v) is 3.16. The van der Waals surface area contributed by atoms with Crippen molar-refractivity contribution in [3.05, 3.63) is 57.0 Å². The molecule has 0 radical (unpaired) electrons. The van der Waals surface area contributed by atoms with Gasteiger partial charge in [-0.25, -0.2) is 0 Å². The van der Waals surface area contributed by atoms with Gasteiger partial charge < -0.3 is 9.90 Å². The zero-order valence-corrected chi connectivity index (χ0v) is 11.2. The van der Waals surface area contributed by atoms with Gasteiger partial charge in [0.2, 0.25) is 0 Å². The number of hydrogen-bond acceptors (Lipinski definition) is 2. The van der Waals surface area contributed by atoms with E-state index in [4.69, 9.17) is 34.8 Å². The van der Waals surface area contributed by atoms with Crippen molar-refractivity contribution in [2.75, 3.05) is 0 Å². The molecule has 0 fully saturated rings. The molecule has 0 amide bonds. The first-order chi connectivity index (χ1) is 8.47. The summed E-state index contributed by atoms with van der Waals surface area (Å²) in [6, 6.07) is 9.31. The Kier molecular flexibility index (Phi) is 3.81. The normalized spacial score (nSPS) is 10.4. The van der Waals surface area contributed by atoms with Crippen molar-refractivity contribution in [2.45, 2.75) is 0 Å². The van der Waals surface area contributed by atoms with Crippen LogP contribution in [0.5, 0.6) is 0 Å². The minimum atomic E-state index is -1.29. The molecule has 0 aliphatic rings. The second kappa shape index (κ2) is 5.19. The van der Waals surface area contributed by atoms with Crippen LogP contribution in [0.15, 0.2) is 36.4 Å². The van der Waals surface area contributed by atoms with Crippen LogP contribution in [0.2, 0.25) is 15.1 Å². The van der Waals surface area contributed by atoms with E-state index in [0.717, 1.165) is 0 Å². The SMILES string of the molecule is O=C([O-])c1cc(Cl)cc(-c2cc(Cl)ccc2Cl)c1. The number of benzene rings is 2. The molecular weight excluding hydrogens is 294 g/mol. The van der Waals surface area contributed by atoms with Crippen LogP contribution in [0.25, 0.3) is 11.1 Å². The van der Waals surface area contributed by atoms with Crippen molar-refractivity contribution in [1.82, 2.24) is 0 Å². The molecule has 2 rings (SSSR count). The third kappa shape index (κ3) is 2.78. The summed E-state index contributed by atoms with van der Waals surface area (Å²) in [5, 5.41) is 12.1. The standard InChI is InChI=1S/C13H7Cl3O2/c14-9-1-2-12(16)11(6-9)7-3-8(13(17)18)5-10(15)4-7/h1-6H,(H,17,18)/p-1. The lowest BCUT2D eigenvalue weighted by Gasteiger charge is -2.09. The predicted molar refractivity (Wildman–Crippen MR) is 71.2 cm³/mol. The summed E-state index contributed by atoms with van der Waals surface area (Å²) in [6.45, 7) is 0. The molecular formula is C13H6Cl3O2-. The van der Waals surface area contributed by atoms with Gasteiger partial charge in [-0.05, 0) is 47.5 Å². The molecule has 5 heteroatoms. The minimum Gasteiger partial charge on any atom is -0.545 e. The Hall–Kier alpha value is -1.22. The average Bonchev–Trinajstić information content (AvgIpc) is 2.31. The number of carboxylic acids is 1. The van der Waals surface area contributed by atoms with Crippen LogP contribution >= 0.6 is 34.8 Å². The maximum atomic E-state index is 10.9. The zero-order valence-electron chi connectivity index (χ0n) is 8.91. The summed E-state index contributed by atoms with van der Waals surface area (Å²) in [5.41, 5.74) is 1.19. The van der Waals surface area contributed by atoms with Crippen molar-refractivity contribution >= 4 is 40.8 Å². The molecule has 0 N–H and O–H groups in total. The van der Waals surface area contributed by atoms with Crippen LogP contribution in [0.4, 0.5) is 0 Å². The molecule has 2 aromatic rings. The fourth-order valence-corrected chi connectivity index (χ4v) is 2.22. The van der Waals surface area contributed by atoms with Gasteiger partial charge in [0.15, 0.2) is 0 Å². The fourth-order valence-electron chi connectivity index (χ4n) is 1.58. The molecule has 18 heavy (non-hydrogen) atoms. The second-order valence-electron chi connectivity index (χ2n) is 3.64. The van der Waals surface area contributed by atoms with Crippen molar-refractivity contribution in [1.29, 1.82) is 0 Å². The van der Waals surface area contributed by atoms with Crippen LogP contribution in [0, 0.1) is 0 Å².